The molecule has 6 aromatic carbocycles. The molecular weight excluding hydrogens is 534 g/mol. The molecule has 0 unspecified atom stereocenters. The number of para-hydroxylation sites is 2. The van der Waals surface area contributed by atoms with Crippen LogP contribution in [0.4, 0.5) is 0 Å². The number of fused-ring (bicyclic) bond motifs is 5. The van der Waals surface area contributed by atoms with E-state index in [1.807, 2.05) is 6.07 Å². The summed E-state index contributed by atoms with van der Waals surface area (Å²) in [5.41, 5.74) is 9.12. The Bertz CT molecular complexity index is 2410. The lowest BCUT2D eigenvalue weighted by molar-refractivity contribution is 1.05. The summed E-state index contributed by atoms with van der Waals surface area (Å²) >= 11 is 0. The van der Waals surface area contributed by atoms with Crippen LogP contribution >= 0.6 is 0 Å². The minimum atomic E-state index is 0.904. The molecule has 0 atom stereocenters. The number of aromatic nitrogens is 3. The summed E-state index contributed by atoms with van der Waals surface area (Å²) in [6.07, 6.45) is 2.15. The van der Waals surface area contributed by atoms with Crippen LogP contribution in [0, 0.1) is 0 Å². The highest BCUT2D eigenvalue weighted by molar-refractivity contribution is 6.15. The molecule has 0 aliphatic carbocycles. The van der Waals surface area contributed by atoms with Gasteiger partial charge >= 0.3 is 0 Å². The standard InChI is InChI=1S/C41H27N3/c1-4-12-28(13-5-1)33-24-37(29-14-6-2-7-15-29)42-41(27-33)43-21-20-30-22-31-26-40-36(23-32(31)25-39(30)43)35-18-10-11-19-38(35)44(40)34-16-8-3-9-17-34/h1-27H. The SMILES string of the molecule is c1ccc(-c2cc(-c3ccccc3)nc(-n3ccc4cc5cc6c(cc5cc43)c3ccccc3n6-c3ccccc3)c2)cc1. The van der Waals surface area contributed by atoms with Crippen molar-refractivity contribution < 1.29 is 0 Å². The lowest BCUT2D eigenvalue weighted by Crippen LogP contribution is -1.99. The van der Waals surface area contributed by atoms with Crippen molar-refractivity contribution in [1.29, 1.82) is 0 Å². The molecule has 0 aliphatic rings. The van der Waals surface area contributed by atoms with E-state index < -0.39 is 0 Å². The number of hydrogen-bond donors (Lipinski definition) is 0. The first kappa shape index (κ1) is 24.6. The lowest BCUT2D eigenvalue weighted by atomic mass is 10.0. The van der Waals surface area contributed by atoms with Crippen LogP contribution in [-0.4, -0.2) is 14.1 Å². The maximum absolute atomic E-state index is 5.19. The Morgan fingerprint density at radius 2 is 1.07 bits per heavy atom. The normalized spacial score (nSPS) is 11.6. The molecule has 9 rings (SSSR count). The third-order valence-corrected chi connectivity index (χ3v) is 8.69. The average molecular weight is 562 g/mol. The molecule has 3 aromatic heterocycles. The van der Waals surface area contributed by atoms with E-state index in [0.717, 1.165) is 28.2 Å². The van der Waals surface area contributed by atoms with Crippen LogP contribution in [0.1, 0.15) is 0 Å². The van der Waals surface area contributed by atoms with Crippen molar-refractivity contribution in [1.82, 2.24) is 14.1 Å². The average Bonchev–Trinajstić information content (AvgIpc) is 3.65. The van der Waals surface area contributed by atoms with Gasteiger partial charge in [0.25, 0.3) is 0 Å². The molecule has 0 radical (unpaired) electrons. The van der Waals surface area contributed by atoms with Crippen LogP contribution in [0.15, 0.2) is 164 Å². The van der Waals surface area contributed by atoms with Gasteiger partial charge in [-0.1, -0.05) is 97.1 Å². The minimum Gasteiger partial charge on any atom is -0.309 e. The highest BCUT2D eigenvalue weighted by atomic mass is 15.1. The highest BCUT2D eigenvalue weighted by Gasteiger charge is 2.15. The van der Waals surface area contributed by atoms with Gasteiger partial charge in [-0.05, 0) is 82.6 Å². The third-order valence-electron chi connectivity index (χ3n) is 8.69. The molecule has 0 N–H and O–H groups in total. The Labute approximate surface area is 254 Å². The van der Waals surface area contributed by atoms with Gasteiger partial charge in [0, 0.05) is 33.6 Å². The number of hydrogen-bond acceptors (Lipinski definition) is 1. The van der Waals surface area contributed by atoms with E-state index in [1.54, 1.807) is 0 Å². The van der Waals surface area contributed by atoms with Crippen LogP contribution in [0.2, 0.25) is 0 Å². The Morgan fingerprint density at radius 1 is 0.409 bits per heavy atom. The van der Waals surface area contributed by atoms with E-state index in [2.05, 4.69) is 167 Å². The zero-order valence-electron chi connectivity index (χ0n) is 23.9. The van der Waals surface area contributed by atoms with E-state index >= 15 is 0 Å². The molecule has 0 saturated heterocycles. The van der Waals surface area contributed by atoms with Crippen molar-refractivity contribution in [2.24, 2.45) is 0 Å². The van der Waals surface area contributed by atoms with Gasteiger partial charge < -0.3 is 9.13 Å². The lowest BCUT2D eigenvalue weighted by Gasteiger charge is -2.12. The maximum atomic E-state index is 5.19. The Morgan fingerprint density at radius 3 is 1.86 bits per heavy atom. The second-order valence-corrected chi connectivity index (χ2v) is 11.3. The second-order valence-electron chi connectivity index (χ2n) is 11.3. The van der Waals surface area contributed by atoms with Crippen molar-refractivity contribution >= 4 is 43.5 Å². The Balaban J connectivity index is 1.27. The monoisotopic (exact) mass is 561 g/mol. The Kier molecular flexibility index (Phi) is 5.50. The molecule has 9 aromatic rings. The fourth-order valence-corrected chi connectivity index (χ4v) is 6.60. The van der Waals surface area contributed by atoms with Gasteiger partial charge in [-0.2, -0.15) is 0 Å². The predicted octanol–water partition coefficient (Wildman–Crippen LogP) is 10.6. The van der Waals surface area contributed by atoms with E-state index in [9.17, 15) is 0 Å². The summed E-state index contributed by atoms with van der Waals surface area (Å²) in [5, 5.41) is 6.13. The number of rotatable bonds is 4. The quantitative estimate of drug-likeness (QED) is 0.210. The zero-order chi connectivity index (χ0) is 29.0. The summed E-state index contributed by atoms with van der Waals surface area (Å²) in [4.78, 5) is 5.19. The summed E-state index contributed by atoms with van der Waals surface area (Å²) in [7, 11) is 0. The van der Waals surface area contributed by atoms with Gasteiger partial charge in [0.1, 0.15) is 5.82 Å². The smallest absolute Gasteiger partial charge is 0.138 e. The first-order chi connectivity index (χ1) is 21.8. The van der Waals surface area contributed by atoms with Crippen molar-refractivity contribution in [2.45, 2.75) is 0 Å². The molecule has 44 heavy (non-hydrogen) atoms. The summed E-state index contributed by atoms with van der Waals surface area (Å²) in [5.74, 6) is 0.904. The van der Waals surface area contributed by atoms with Gasteiger partial charge in [0.05, 0.1) is 22.2 Å². The molecular formula is C41H27N3. The van der Waals surface area contributed by atoms with Crippen LogP contribution in [0.25, 0.3) is 77.4 Å². The minimum absolute atomic E-state index is 0.904. The predicted molar refractivity (Wildman–Crippen MR) is 184 cm³/mol. The maximum Gasteiger partial charge on any atom is 0.138 e. The van der Waals surface area contributed by atoms with Crippen LogP contribution in [0.5, 0.6) is 0 Å². The zero-order valence-corrected chi connectivity index (χ0v) is 23.9. The van der Waals surface area contributed by atoms with Crippen LogP contribution in [-0.2, 0) is 0 Å². The molecule has 0 saturated carbocycles. The summed E-state index contributed by atoms with van der Waals surface area (Å²) in [6, 6.07) is 56.2. The second kappa shape index (κ2) is 9.82. The molecule has 0 amide bonds. The number of pyridine rings is 1. The summed E-state index contributed by atoms with van der Waals surface area (Å²) < 4.78 is 4.61. The van der Waals surface area contributed by atoms with Crippen LogP contribution in [0.3, 0.4) is 0 Å². The molecule has 0 fully saturated rings. The largest absolute Gasteiger partial charge is 0.309 e. The molecule has 0 aliphatic heterocycles. The number of nitrogens with zero attached hydrogens (tertiary/aromatic N) is 3. The molecule has 0 spiro atoms. The molecule has 3 nitrogen and oxygen atoms in total. The topological polar surface area (TPSA) is 22.8 Å². The third kappa shape index (κ3) is 3.94. The first-order valence-electron chi connectivity index (χ1n) is 15.0. The van der Waals surface area contributed by atoms with Crippen molar-refractivity contribution in [2.75, 3.05) is 0 Å². The highest BCUT2D eigenvalue weighted by Crippen LogP contribution is 2.37. The fraction of sp³-hybridized carbons (Fsp3) is 0. The van der Waals surface area contributed by atoms with Crippen molar-refractivity contribution in [3.05, 3.63) is 164 Å². The Hall–Kier alpha value is -5.93. The van der Waals surface area contributed by atoms with Crippen molar-refractivity contribution in [3.8, 4) is 33.9 Å². The van der Waals surface area contributed by atoms with Gasteiger partial charge in [0.15, 0.2) is 0 Å². The van der Waals surface area contributed by atoms with Gasteiger partial charge in [-0.25, -0.2) is 4.98 Å². The van der Waals surface area contributed by atoms with Gasteiger partial charge in [0.2, 0.25) is 0 Å². The fourth-order valence-electron chi connectivity index (χ4n) is 6.60. The molecule has 206 valence electrons. The molecule has 3 heteroatoms. The van der Waals surface area contributed by atoms with E-state index in [4.69, 9.17) is 4.98 Å². The van der Waals surface area contributed by atoms with E-state index in [-0.39, 0.29) is 0 Å². The molecule has 0 bridgehead atoms. The van der Waals surface area contributed by atoms with Gasteiger partial charge in [-0.3, -0.25) is 0 Å². The first-order valence-corrected chi connectivity index (χ1v) is 15.0. The van der Waals surface area contributed by atoms with Crippen LogP contribution < -0.4 is 0 Å². The molecule has 3 heterocycles. The summed E-state index contributed by atoms with van der Waals surface area (Å²) in [6.45, 7) is 0. The number of benzene rings is 6. The van der Waals surface area contributed by atoms with Crippen molar-refractivity contribution in [3.63, 3.8) is 0 Å². The van der Waals surface area contributed by atoms with E-state index in [0.29, 0.717) is 0 Å². The van der Waals surface area contributed by atoms with Gasteiger partial charge in [-0.15, -0.1) is 0 Å². The van der Waals surface area contributed by atoms with E-state index in [1.165, 1.54) is 49.2 Å².